The monoisotopic (exact) mass is 290 g/mol. The van der Waals surface area contributed by atoms with E-state index in [0.717, 1.165) is 43.6 Å². The van der Waals surface area contributed by atoms with Crippen molar-refractivity contribution in [2.45, 2.75) is 59.4 Å². The highest BCUT2D eigenvalue weighted by atomic mass is 15.2. The molecule has 1 heterocycles. The lowest BCUT2D eigenvalue weighted by Gasteiger charge is -2.33. The summed E-state index contributed by atoms with van der Waals surface area (Å²) in [5, 5.41) is 3.41. The van der Waals surface area contributed by atoms with Gasteiger partial charge in [-0.05, 0) is 32.2 Å². The van der Waals surface area contributed by atoms with Gasteiger partial charge in [0.2, 0.25) is 0 Å². The summed E-state index contributed by atoms with van der Waals surface area (Å²) >= 11 is 0. The van der Waals surface area contributed by atoms with Gasteiger partial charge in [-0.1, -0.05) is 27.2 Å². The number of nitrogens with zero attached hydrogens (tertiary/aromatic N) is 3. The van der Waals surface area contributed by atoms with Gasteiger partial charge in [0.15, 0.2) is 0 Å². The molecule has 2 rings (SSSR count). The van der Waals surface area contributed by atoms with E-state index in [0.29, 0.717) is 5.92 Å². The van der Waals surface area contributed by atoms with Crippen LogP contribution < -0.4 is 10.2 Å². The molecule has 0 amide bonds. The molecule has 1 N–H and O–H groups in total. The van der Waals surface area contributed by atoms with Crippen LogP contribution in [0.5, 0.6) is 0 Å². The predicted molar refractivity (Wildman–Crippen MR) is 88.7 cm³/mol. The van der Waals surface area contributed by atoms with Gasteiger partial charge >= 0.3 is 0 Å². The summed E-state index contributed by atoms with van der Waals surface area (Å²) in [5.74, 6) is 2.19. The Labute approximate surface area is 129 Å². The van der Waals surface area contributed by atoms with E-state index in [9.17, 15) is 0 Å². The van der Waals surface area contributed by atoms with Crippen molar-refractivity contribution in [3.8, 4) is 0 Å². The predicted octanol–water partition coefficient (Wildman–Crippen LogP) is 3.34. The van der Waals surface area contributed by atoms with Crippen molar-refractivity contribution in [3.63, 3.8) is 0 Å². The van der Waals surface area contributed by atoms with E-state index in [1.165, 1.54) is 24.9 Å². The Balaban J connectivity index is 2.20. The van der Waals surface area contributed by atoms with Gasteiger partial charge in [-0.2, -0.15) is 0 Å². The number of nitrogens with one attached hydrogen (secondary N) is 1. The Morgan fingerprint density at radius 1 is 1.33 bits per heavy atom. The first-order valence-corrected chi connectivity index (χ1v) is 8.47. The lowest BCUT2D eigenvalue weighted by Crippen LogP contribution is -2.34. The van der Waals surface area contributed by atoms with Gasteiger partial charge in [0, 0.05) is 25.6 Å². The van der Waals surface area contributed by atoms with E-state index in [1.54, 1.807) is 0 Å². The Morgan fingerprint density at radius 3 is 2.62 bits per heavy atom. The first-order chi connectivity index (χ1) is 10.2. The van der Waals surface area contributed by atoms with Crippen LogP contribution >= 0.6 is 0 Å². The van der Waals surface area contributed by atoms with Gasteiger partial charge in [0.25, 0.3) is 0 Å². The zero-order valence-corrected chi connectivity index (χ0v) is 14.0. The summed E-state index contributed by atoms with van der Waals surface area (Å²) in [7, 11) is 0. The van der Waals surface area contributed by atoms with Crippen LogP contribution in [0.3, 0.4) is 0 Å². The minimum absolute atomic E-state index is 0.376. The maximum absolute atomic E-state index is 4.81. The standard InChI is InChI=1S/C17H30N4/c1-5-18-10-15-16(11-19-17(20-15)13(3)4)21(6-2)12-14-8-7-9-14/h11,13-14,18H,5-10,12H2,1-4H3. The normalized spacial score (nSPS) is 15.3. The maximum Gasteiger partial charge on any atom is 0.131 e. The molecule has 1 aliphatic rings. The summed E-state index contributed by atoms with van der Waals surface area (Å²) in [6, 6.07) is 0. The molecule has 118 valence electrons. The fourth-order valence-corrected chi connectivity index (χ4v) is 2.73. The second kappa shape index (κ2) is 7.74. The minimum atomic E-state index is 0.376. The van der Waals surface area contributed by atoms with Gasteiger partial charge in [0.1, 0.15) is 5.82 Å². The molecule has 4 nitrogen and oxygen atoms in total. The molecule has 0 radical (unpaired) electrons. The summed E-state index contributed by atoms with van der Waals surface area (Å²) < 4.78 is 0. The Morgan fingerprint density at radius 2 is 2.10 bits per heavy atom. The molecule has 0 atom stereocenters. The molecular formula is C17H30N4. The largest absolute Gasteiger partial charge is 0.369 e. The topological polar surface area (TPSA) is 41.1 Å². The van der Waals surface area contributed by atoms with Crippen LogP contribution in [0.25, 0.3) is 0 Å². The van der Waals surface area contributed by atoms with E-state index in [1.807, 2.05) is 6.20 Å². The number of rotatable bonds is 8. The Hall–Kier alpha value is -1.16. The van der Waals surface area contributed by atoms with Gasteiger partial charge in [-0.25, -0.2) is 9.97 Å². The molecule has 1 aromatic heterocycles. The summed E-state index contributed by atoms with van der Waals surface area (Å²) in [4.78, 5) is 11.9. The quantitative estimate of drug-likeness (QED) is 0.797. The second-order valence-electron chi connectivity index (χ2n) is 6.33. The fraction of sp³-hybridized carbons (Fsp3) is 0.765. The summed E-state index contributed by atoms with van der Waals surface area (Å²) in [6.45, 7) is 12.6. The van der Waals surface area contributed by atoms with Crippen molar-refractivity contribution in [2.75, 3.05) is 24.5 Å². The first-order valence-electron chi connectivity index (χ1n) is 8.47. The van der Waals surface area contributed by atoms with E-state index < -0.39 is 0 Å². The van der Waals surface area contributed by atoms with Gasteiger partial charge in [0.05, 0.1) is 17.6 Å². The molecule has 0 spiro atoms. The van der Waals surface area contributed by atoms with Crippen LogP contribution in [0.4, 0.5) is 5.69 Å². The summed E-state index contributed by atoms with van der Waals surface area (Å²) in [6.07, 6.45) is 6.19. The lowest BCUT2D eigenvalue weighted by atomic mass is 9.85. The van der Waals surface area contributed by atoms with Gasteiger partial charge in [-0.3, -0.25) is 0 Å². The molecule has 4 heteroatoms. The van der Waals surface area contributed by atoms with Gasteiger partial charge in [-0.15, -0.1) is 0 Å². The van der Waals surface area contributed by atoms with Crippen LogP contribution in [0, 0.1) is 5.92 Å². The number of anilines is 1. The molecular weight excluding hydrogens is 260 g/mol. The summed E-state index contributed by atoms with van der Waals surface area (Å²) in [5.41, 5.74) is 2.37. The minimum Gasteiger partial charge on any atom is -0.369 e. The fourth-order valence-electron chi connectivity index (χ4n) is 2.73. The highest BCUT2D eigenvalue weighted by molar-refractivity contribution is 5.49. The van der Waals surface area contributed by atoms with Crippen molar-refractivity contribution < 1.29 is 0 Å². The molecule has 0 unspecified atom stereocenters. The van der Waals surface area contributed by atoms with E-state index in [-0.39, 0.29) is 0 Å². The zero-order valence-electron chi connectivity index (χ0n) is 14.0. The third-order valence-corrected chi connectivity index (χ3v) is 4.35. The Kier molecular flexibility index (Phi) is 5.97. The van der Waals surface area contributed by atoms with Crippen molar-refractivity contribution in [1.29, 1.82) is 0 Å². The van der Waals surface area contributed by atoms with E-state index >= 15 is 0 Å². The van der Waals surface area contributed by atoms with Crippen LogP contribution in [-0.4, -0.2) is 29.6 Å². The van der Waals surface area contributed by atoms with Crippen LogP contribution in [0.1, 0.15) is 64.4 Å². The number of hydrogen-bond acceptors (Lipinski definition) is 4. The third-order valence-electron chi connectivity index (χ3n) is 4.35. The Bertz CT molecular complexity index is 440. The first kappa shape index (κ1) is 16.2. The van der Waals surface area contributed by atoms with Crippen molar-refractivity contribution >= 4 is 5.69 Å². The molecule has 1 saturated carbocycles. The molecule has 0 aliphatic heterocycles. The molecule has 1 fully saturated rings. The molecule has 21 heavy (non-hydrogen) atoms. The van der Waals surface area contributed by atoms with Crippen LogP contribution in [0.15, 0.2) is 6.20 Å². The average molecular weight is 290 g/mol. The zero-order chi connectivity index (χ0) is 15.2. The molecule has 1 aliphatic carbocycles. The average Bonchev–Trinajstić information content (AvgIpc) is 2.44. The van der Waals surface area contributed by atoms with Crippen LogP contribution in [-0.2, 0) is 6.54 Å². The SMILES string of the molecule is CCNCc1nc(C(C)C)ncc1N(CC)CC1CCC1. The third kappa shape index (κ3) is 4.16. The smallest absolute Gasteiger partial charge is 0.131 e. The highest BCUT2D eigenvalue weighted by Gasteiger charge is 2.22. The van der Waals surface area contributed by atoms with Crippen LogP contribution in [0.2, 0.25) is 0 Å². The molecule has 0 saturated heterocycles. The number of hydrogen-bond donors (Lipinski definition) is 1. The van der Waals surface area contributed by atoms with Gasteiger partial charge < -0.3 is 10.2 Å². The lowest BCUT2D eigenvalue weighted by molar-refractivity contribution is 0.318. The van der Waals surface area contributed by atoms with Crippen molar-refractivity contribution in [2.24, 2.45) is 5.92 Å². The molecule has 0 aromatic carbocycles. The molecule has 0 bridgehead atoms. The second-order valence-corrected chi connectivity index (χ2v) is 6.33. The van der Waals surface area contributed by atoms with Crippen molar-refractivity contribution in [3.05, 3.63) is 17.7 Å². The van der Waals surface area contributed by atoms with Crippen molar-refractivity contribution in [1.82, 2.24) is 15.3 Å². The molecule has 1 aromatic rings. The van der Waals surface area contributed by atoms with E-state index in [4.69, 9.17) is 4.98 Å². The maximum atomic E-state index is 4.81. The number of aromatic nitrogens is 2. The highest BCUT2D eigenvalue weighted by Crippen LogP contribution is 2.30. The van der Waals surface area contributed by atoms with E-state index in [2.05, 4.69) is 42.9 Å².